The van der Waals surface area contributed by atoms with E-state index in [4.69, 9.17) is 0 Å². The van der Waals surface area contributed by atoms with Gasteiger partial charge < -0.3 is 4.90 Å². The van der Waals surface area contributed by atoms with E-state index in [-0.39, 0.29) is 5.91 Å². The molecule has 0 N–H and O–H groups in total. The molecule has 0 aliphatic carbocycles. The topological polar surface area (TPSA) is 49.3 Å². The zero-order valence-corrected chi connectivity index (χ0v) is 13.7. The SMILES string of the molecule is O=C(c1cncc(Br)c1)N1CCN(Cc2ccncc2)CC1. The highest BCUT2D eigenvalue weighted by atomic mass is 79.9. The maximum Gasteiger partial charge on any atom is 0.255 e. The van der Waals surface area contributed by atoms with Crippen LogP contribution in [0.5, 0.6) is 0 Å². The number of amides is 1. The Bertz CT molecular complexity index is 642. The minimum Gasteiger partial charge on any atom is -0.336 e. The van der Waals surface area contributed by atoms with Crippen LogP contribution in [0.25, 0.3) is 0 Å². The van der Waals surface area contributed by atoms with Crippen molar-refractivity contribution in [2.24, 2.45) is 0 Å². The molecular formula is C16H17BrN4O. The quantitative estimate of drug-likeness (QED) is 0.841. The van der Waals surface area contributed by atoms with E-state index in [2.05, 4.69) is 30.8 Å². The van der Waals surface area contributed by atoms with Crippen molar-refractivity contribution in [3.05, 3.63) is 58.6 Å². The molecule has 0 radical (unpaired) electrons. The van der Waals surface area contributed by atoms with E-state index < -0.39 is 0 Å². The first-order valence-corrected chi connectivity index (χ1v) is 8.03. The van der Waals surface area contributed by atoms with Gasteiger partial charge in [-0.15, -0.1) is 0 Å². The number of halogens is 1. The van der Waals surface area contributed by atoms with Crippen molar-refractivity contribution in [1.29, 1.82) is 0 Å². The molecule has 0 atom stereocenters. The van der Waals surface area contributed by atoms with Gasteiger partial charge in [0.2, 0.25) is 0 Å². The number of pyridine rings is 2. The molecule has 1 aliphatic heterocycles. The van der Waals surface area contributed by atoms with Crippen molar-refractivity contribution in [3.63, 3.8) is 0 Å². The van der Waals surface area contributed by atoms with Gasteiger partial charge in [-0.3, -0.25) is 19.7 Å². The Labute approximate surface area is 138 Å². The molecule has 0 saturated carbocycles. The molecule has 3 heterocycles. The first-order chi connectivity index (χ1) is 10.7. The maximum atomic E-state index is 12.5. The summed E-state index contributed by atoms with van der Waals surface area (Å²) in [6.07, 6.45) is 6.94. The molecule has 2 aromatic rings. The molecule has 1 saturated heterocycles. The normalized spacial score (nSPS) is 15.8. The summed E-state index contributed by atoms with van der Waals surface area (Å²) < 4.78 is 0.828. The number of carbonyl (C=O) groups excluding carboxylic acids is 1. The van der Waals surface area contributed by atoms with Gasteiger partial charge in [-0.1, -0.05) is 0 Å². The predicted molar refractivity (Wildman–Crippen MR) is 87.4 cm³/mol. The average Bonchev–Trinajstić information content (AvgIpc) is 2.56. The van der Waals surface area contributed by atoms with Crippen LogP contribution >= 0.6 is 15.9 Å². The van der Waals surface area contributed by atoms with Gasteiger partial charge in [0.1, 0.15) is 0 Å². The van der Waals surface area contributed by atoms with Gasteiger partial charge in [-0.25, -0.2) is 0 Å². The van der Waals surface area contributed by atoms with Crippen LogP contribution in [0.4, 0.5) is 0 Å². The summed E-state index contributed by atoms with van der Waals surface area (Å²) in [7, 11) is 0. The highest BCUT2D eigenvalue weighted by molar-refractivity contribution is 9.10. The average molecular weight is 361 g/mol. The Balaban J connectivity index is 1.56. The molecule has 2 aromatic heterocycles. The van der Waals surface area contributed by atoms with E-state index in [1.54, 1.807) is 12.4 Å². The van der Waals surface area contributed by atoms with E-state index in [1.807, 2.05) is 35.5 Å². The van der Waals surface area contributed by atoms with Crippen LogP contribution in [0.15, 0.2) is 47.5 Å². The Morgan fingerprint density at radius 2 is 1.82 bits per heavy atom. The van der Waals surface area contributed by atoms with Gasteiger partial charge in [0.25, 0.3) is 5.91 Å². The van der Waals surface area contributed by atoms with E-state index in [0.29, 0.717) is 5.56 Å². The van der Waals surface area contributed by atoms with Gasteiger partial charge in [0.15, 0.2) is 0 Å². The van der Waals surface area contributed by atoms with E-state index in [9.17, 15) is 4.79 Å². The second-order valence-corrected chi connectivity index (χ2v) is 6.23. The number of aromatic nitrogens is 2. The van der Waals surface area contributed by atoms with Crippen LogP contribution in [0, 0.1) is 0 Å². The van der Waals surface area contributed by atoms with E-state index in [1.165, 1.54) is 5.56 Å². The number of hydrogen-bond donors (Lipinski definition) is 0. The highest BCUT2D eigenvalue weighted by Gasteiger charge is 2.22. The number of piperazine rings is 1. The molecule has 0 aromatic carbocycles. The molecule has 0 bridgehead atoms. The van der Waals surface area contributed by atoms with Crippen LogP contribution in [-0.4, -0.2) is 51.9 Å². The van der Waals surface area contributed by atoms with Crippen LogP contribution in [0.1, 0.15) is 15.9 Å². The summed E-state index contributed by atoms with van der Waals surface area (Å²) in [5, 5.41) is 0. The fourth-order valence-corrected chi connectivity index (χ4v) is 2.93. The molecule has 114 valence electrons. The number of nitrogens with zero attached hydrogens (tertiary/aromatic N) is 4. The van der Waals surface area contributed by atoms with Crippen molar-refractivity contribution < 1.29 is 4.79 Å². The third-order valence-electron chi connectivity index (χ3n) is 3.77. The lowest BCUT2D eigenvalue weighted by atomic mass is 10.2. The molecule has 5 nitrogen and oxygen atoms in total. The monoisotopic (exact) mass is 360 g/mol. The molecule has 0 spiro atoms. The lowest BCUT2D eigenvalue weighted by molar-refractivity contribution is 0.0628. The number of hydrogen-bond acceptors (Lipinski definition) is 4. The Kier molecular flexibility index (Phi) is 4.80. The Hall–Kier alpha value is -1.79. The van der Waals surface area contributed by atoms with Crippen LogP contribution in [0.3, 0.4) is 0 Å². The van der Waals surface area contributed by atoms with Crippen molar-refractivity contribution in [2.75, 3.05) is 26.2 Å². The molecule has 0 unspecified atom stereocenters. The maximum absolute atomic E-state index is 12.5. The largest absolute Gasteiger partial charge is 0.336 e. The zero-order chi connectivity index (χ0) is 15.4. The fourth-order valence-electron chi connectivity index (χ4n) is 2.57. The van der Waals surface area contributed by atoms with Gasteiger partial charge in [-0.05, 0) is 39.7 Å². The van der Waals surface area contributed by atoms with E-state index in [0.717, 1.165) is 37.2 Å². The standard InChI is InChI=1S/C16H17BrN4O/c17-15-9-14(10-19-11-15)16(22)21-7-5-20(6-8-21)12-13-1-3-18-4-2-13/h1-4,9-11H,5-8,12H2. The van der Waals surface area contributed by atoms with E-state index >= 15 is 0 Å². The summed E-state index contributed by atoms with van der Waals surface area (Å²) in [4.78, 5) is 24.8. The molecule has 22 heavy (non-hydrogen) atoms. The van der Waals surface area contributed by atoms with Crippen LogP contribution in [-0.2, 0) is 6.54 Å². The smallest absolute Gasteiger partial charge is 0.255 e. The van der Waals surface area contributed by atoms with Gasteiger partial charge in [0.05, 0.1) is 5.56 Å². The molecule has 3 rings (SSSR count). The molecular weight excluding hydrogens is 344 g/mol. The molecule has 1 amide bonds. The van der Waals surface area contributed by atoms with Gasteiger partial charge >= 0.3 is 0 Å². The van der Waals surface area contributed by atoms with Crippen molar-refractivity contribution in [1.82, 2.24) is 19.8 Å². The van der Waals surface area contributed by atoms with Crippen LogP contribution in [0.2, 0.25) is 0 Å². The zero-order valence-electron chi connectivity index (χ0n) is 12.2. The lowest BCUT2D eigenvalue weighted by Gasteiger charge is -2.34. The summed E-state index contributed by atoms with van der Waals surface area (Å²) in [5.41, 5.74) is 1.89. The Morgan fingerprint density at radius 1 is 1.09 bits per heavy atom. The third-order valence-corrected chi connectivity index (χ3v) is 4.20. The minimum atomic E-state index is 0.0531. The lowest BCUT2D eigenvalue weighted by Crippen LogP contribution is -2.48. The fraction of sp³-hybridized carbons (Fsp3) is 0.312. The summed E-state index contributed by atoms with van der Waals surface area (Å²) >= 11 is 3.35. The van der Waals surface area contributed by atoms with Crippen LogP contribution < -0.4 is 0 Å². The molecule has 1 fully saturated rings. The number of rotatable bonds is 3. The molecule has 1 aliphatic rings. The second kappa shape index (κ2) is 6.98. The van der Waals surface area contributed by atoms with Gasteiger partial charge in [-0.2, -0.15) is 0 Å². The van der Waals surface area contributed by atoms with Gasteiger partial charge in [0, 0.05) is 62.0 Å². The van der Waals surface area contributed by atoms with Crippen molar-refractivity contribution >= 4 is 21.8 Å². The Morgan fingerprint density at radius 3 is 2.50 bits per heavy atom. The summed E-state index contributed by atoms with van der Waals surface area (Å²) in [6, 6.07) is 5.88. The third kappa shape index (κ3) is 3.69. The first kappa shape index (κ1) is 15.1. The minimum absolute atomic E-state index is 0.0531. The van der Waals surface area contributed by atoms with Crippen molar-refractivity contribution in [3.8, 4) is 0 Å². The van der Waals surface area contributed by atoms with Crippen molar-refractivity contribution in [2.45, 2.75) is 6.54 Å². The first-order valence-electron chi connectivity index (χ1n) is 7.23. The molecule has 6 heteroatoms. The highest BCUT2D eigenvalue weighted by Crippen LogP contribution is 2.14. The number of carbonyl (C=O) groups is 1. The summed E-state index contributed by atoms with van der Waals surface area (Å²) in [6.45, 7) is 4.17. The summed E-state index contributed by atoms with van der Waals surface area (Å²) in [5.74, 6) is 0.0531. The predicted octanol–water partition coefficient (Wildman–Crippen LogP) is 2.20. The second-order valence-electron chi connectivity index (χ2n) is 5.32.